The Hall–Kier alpha value is -2.21. The van der Waals surface area contributed by atoms with Gasteiger partial charge in [0.1, 0.15) is 28.7 Å². The lowest BCUT2D eigenvalue weighted by atomic mass is 9.90. The summed E-state index contributed by atoms with van der Waals surface area (Å²) in [6.07, 6.45) is 0.672. The molecule has 1 aliphatic heterocycles. The Morgan fingerprint density at radius 3 is 2.50 bits per heavy atom. The molecule has 0 fully saturated rings. The third kappa shape index (κ3) is 3.48. The second-order valence-corrected chi connectivity index (χ2v) is 6.76. The minimum absolute atomic E-state index is 0.111. The van der Waals surface area contributed by atoms with Crippen LogP contribution in [0.25, 0.3) is 0 Å². The molecule has 0 aliphatic carbocycles. The van der Waals surface area contributed by atoms with Crippen LogP contribution in [0.4, 0.5) is 14.5 Å². The first kappa shape index (κ1) is 16.6. The summed E-state index contributed by atoms with van der Waals surface area (Å²) in [6.45, 7) is 3.98. The molecular weight excluding hydrogens is 330 g/mol. The van der Waals surface area contributed by atoms with E-state index in [0.717, 1.165) is 11.3 Å². The van der Waals surface area contributed by atoms with Gasteiger partial charge in [-0.25, -0.2) is 8.78 Å². The Balaban J connectivity index is 1.79. The lowest BCUT2D eigenvalue weighted by Gasteiger charge is -2.38. The first-order valence-electron chi connectivity index (χ1n) is 7.65. The summed E-state index contributed by atoms with van der Waals surface area (Å²) < 4.78 is 33.4. The van der Waals surface area contributed by atoms with Crippen molar-refractivity contribution in [1.29, 1.82) is 0 Å². The fourth-order valence-electron chi connectivity index (χ4n) is 2.86. The third-order valence-electron chi connectivity index (χ3n) is 3.88. The van der Waals surface area contributed by atoms with Crippen molar-refractivity contribution in [3.05, 3.63) is 59.7 Å². The highest BCUT2D eigenvalue weighted by Crippen LogP contribution is 2.39. The van der Waals surface area contributed by atoms with Gasteiger partial charge in [-0.15, -0.1) is 0 Å². The molecule has 1 aliphatic rings. The lowest BCUT2D eigenvalue weighted by Crippen LogP contribution is -2.42. The van der Waals surface area contributed by atoms with Gasteiger partial charge in [0.2, 0.25) is 0 Å². The lowest BCUT2D eigenvalue weighted by molar-refractivity contribution is 0.0697. The molecule has 2 N–H and O–H groups in total. The Bertz CT molecular complexity index is 759. The number of halogens is 2. The minimum atomic E-state index is -0.688. The highest BCUT2D eigenvalue weighted by atomic mass is 32.1. The summed E-state index contributed by atoms with van der Waals surface area (Å²) in [4.78, 5) is 0. The molecule has 0 spiro atoms. The highest BCUT2D eigenvalue weighted by molar-refractivity contribution is 7.80. The Morgan fingerprint density at radius 1 is 1.12 bits per heavy atom. The van der Waals surface area contributed by atoms with Crippen LogP contribution in [0.3, 0.4) is 0 Å². The number of hydrogen-bond donors (Lipinski definition) is 2. The molecule has 0 amide bonds. The van der Waals surface area contributed by atoms with E-state index in [1.54, 1.807) is 0 Å². The molecule has 0 saturated carbocycles. The van der Waals surface area contributed by atoms with Gasteiger partial charge in [0.25, 0.3) is 0 Å². The van der Waals surface area contributed by atoms with E-state index >= 15 is 0 Å². The van der Waals surface area contributed by atoms with Crippen molar-refractivity contribution >= 4 is 23.0 Å². The number of rotatable bonds is 2. The fraction of sp³-hybridized carbons (Fsp3) is 0.278. The predicted molar refractivity (Wildman–Crippen MR) is 94.2 cm³/mol. The number of hydrogen-bond acceptors (Lipinski definition) is 2. The summed E-state index contributed by atoms with van der Waals surface area (Å²) in [6, 6.07) is 11.2. The van der Waals surface area contributed by atoms with Crippen LogP contribution in [0.1, 0.15) is 31.9 Å². The smallest absolute Gasteiger partial charge is 0.171 e. The van der Waals surface area contributed by atoms with Crippen LogP contribution in [0.5, 0.6) is 5.75 Å². The van der Waals surface area contributed by atoms with Gasteiger partial charge in [-0.05, 0) is 44.3 Å². The molecule has 3 nitrogen and oxygen atoms in total. The first-order valence-corrected chi connectivity index (χ1v) is 8.06. The highest BCUT2D eigenvalue weighted by Gasteiger charge is 2.33. The van der Waals surface area contributed by atoms with E-state index in [1.807, 2.05) is 38.1 Å². The average molecular weight is 348 g/mol. The topological polar surface area (TPSA) is 33.3 Å². The predicted octanol–water partition coefficient (Wildman–Crippen LogP) is 4.55. The molecule has 6 heteroatoms. The molecule has 1 atom stereocenters. The summed E-state index contributed by atoms with van der Waals surface area (Å²) >= 11 is 5.24. The maximum absolute atomic E-state index is 13.7. The maximum Gasteiger partial charge on any atom is 0.171 e. The number of para-hydroxylation sites is 2. The monoisotopic (exact) mass is 348 g/mol. The zero-order chi connectivity index (χ0) is 17.3. The van der Waals surface area contributed by atoms with Crippen LogP contribution >= 0.6 is 12.2 Å². The van der Waals surface area contributed by atoms with E-state index in [-0.39, 0.29) is 22.4 Å². The van der Waals surface area contributed by atoms with Crippen molar-refractivity contribution in [2.75, 3.05) is 5.32 Å². The van der Waals surface area contributed by atoms with Gasteiger partial charge in [0, 0.05) is 12.0 Å². The molecular formula is C18H18F2N2OS. The van der Waals surface area contributed by atoms with Gasteiger partial charge < -0.3 is 15.4 Å². The van der Waals surface area contributed by atoms with E-state index in [1.165, 1.54) is 18.2 Å². The van der Waals surface area contributed by atoms with Crippen molar-refractivity contribution in [1.82, 2.24) is 5.32 Å². The largest absolute Gasteiger partial charge is 0.487 e. The zero-order valence-corrected chi connectivity index (χ0v) is 14.2. The Labute approximate surface area is 145 Å². The van der Waals surface area contributed by atoms with Crippen LogP contribution in [0.2, 0.25) is 0 Å². The quantitative estimate of drug-likeness (QED) is 0.780. The molecule has 2 aromatic rings. The molecule has 3 rings (SSSR count). The van der Waals surface area contributed by atoms with E-state index in [0.29, 0.717) is 6.42 Å². The van der Waals surface area contributed by atoms with Crippen LogP contribution in [-0.2, 0) is 0 Å². The molecule has 0 saturated heterocycles. The number of anilines is 1. The Kier molecular flexibility index (Phi) is 4.41. The third-order valence-corrected chi connectivity index (χ3v) is 4.10. The molecule has 0 unspecified atom stereocenters. The molecule has 126 valence electrons. The first-order chi connectivity index (χ1) is 11.4. The van der Waals surface area contributed by atoms with Crippen LogP contribution < -0.4 is 15.4 Å². The summed E-state index contributed by atoms with van der Waals surface area (Å²) in [5.41, 5.74) is 0.342. The van der Waals surface area contributed by atoms with Gasteiger partial charge in [-0.2, -0.15) is 0 Å². The molecule has 0 aromatic heterocycles. The second-order valence-electron chi connectivity index (χ2n) is 6.35. The summed E-state index contributed by atoms with van der Waals surface area (Å²) in [5, 5.41) is 5.92. The molecule has 0 bridgehead atoms. The van der Waals surface area contributed by atoms with E-state index in [9.17, 15) is 8.78 Å². The number of benzene rings is 2. The summed E-state index contributed by atoms with van der Waals surface area (Å²) in [7, 11) is 0. The van der Waals surface area contributed by atoms with Crippen LogP contribution in [-0.4, -0.2) is 10.7 Å². The number of nitrogens with one attached hydrogen (secondary N) is 2. The number of thiocarbonyl (C=S) groups is 1. The SMILES string of the molecule is CC1(C)C[C@H](NC(=S)Nc2c(F)cccc2F)c2ccccc2O1. The van der Waals surface area contributed by atoms with Gasteiger partial charge in [0.15, 0.2) is 5.11 Å². The number of fused-ring (bicyclic) bond motifs is 1. The summed E-state index contributed by atoms with van der Waals surface area (Å²) in [5.74, 6) is -0.593. The molecule has 2 aromatic carbocycles. The Morgan fingerprint density at radius 2 is 1.79 bits per heavy atom. The van der Waals surface area contributed by atoms with E-state index in [2.05, 4.69) is 10.6 Å². The van der Waals surface area contributed by atoms with Crippen molar-refractivity contribution in [2.24, 2.45) is 0 Å². The fourth-order valence-corrected chi connectivity index (χ4v) is 3.10. The van der Waals surface area contributed by atoms with Gasteiger partial charge in [-0.1, -0.05) is 24.3 Å². The standard InChI is InChI=1S/C18H18F2N2OS/c1-18(2)10-14(11-6-3-4-9-15(11)23-18)21-17(24)22-16-12(19)7-5-8-13(16)20/h3-9,14H,10H2,1-2H3,(H2,21,22,24)/t14-/m0/s1. The maximum atomic E-state index is 13.7. The van der Waals surface area contributed by atoms with Gasteiger partial charge in [-0.3, -0.25) is 0 Å². The normalized spacial score (nSPS) is 18.2. The van der Waals surface area contributed by atoms with E-state index < -0.39 is 11.6 Å². The second kappa shape index (κ2) is 6.36. The zero-order valence-electron chi connectivity index (χ0n) is 13.4. The minimum Gasteiger partial charge on any atom is -0.487 e. The van der Waals surface area contributed by atoms with Gasteiger partial charge in [0.05, 0.1) is 6.04 Å². The van der Waals surface area contributed by atoms with Crippen molar-refractivity contribution < 1.29 is 13.5 Å². The number of ether oxygens (including phenoxy) is 1. The molecule has 0 radical (unpaired) electrons. The van der Waals surface area contributed by atoms with Crippen LogP contribution in [0.15, 0.2) is 42.5 Å². The molecule has 1 heterocycles. The molecule has 24 heavy (non-hydrogen) atoms. The van der Waals surface area contributed by atoms with Crippen LogP contribution in [0, 0.1) is 11.6 Å². The van der Waals surface area contributed by atoms with E-state index in [4.69, 9.17) is 17.0 Å². The van der Waals surface area contributed by atoms with Crippen molar-refractivity contribution in [3.8, 4) is 5.75 Å². The average Bonchev–Trinajstić information content (AvgIpc) is 2.50. The van der Waals surface area contributed by atoms with Crippen molar-refractivity contribution in [2.45, 2.75) is 31.9 Å². The van der Waals surface area contributed by atoms with Crippen molar-refractivity contribution in [3.63, 3.8) is 0 Å². The van der Waals surface area contributed by atoms with Gasteiger partial charge >= 0.3 is 0 Å².